The first kappa shape index (κ1) is 19.6. The molecule has 25 heavy (non-hydrogen) atoms. The fraction of sp³-hybridized carbons (Fsp3) is 0.650. The van der Waals surface area contributed by atoms with E-state index in [1.54, 1.807) is 0 Å². The number of rotatable bonds is 10. The lowest BCUT2D eigenvalue weighted by molar-refractivity contribution is 0.238. The maximum atomic E-state index is 5.87. The van der Waals surface area contributed by atoms with Gasteiger partial charge in [0.25, 0.3) is 0 Å². The summed E-state index contributed by atoms with van der Waals surface area (Å²) in [7, 11) is 0. The Bertz CT molecular complexity index is 507. The molecule has 0 radical (unpaired) electrons. The van der Waals surface area contributed by atoms with E-state index in [2.05, 4.69) is 53.3 Å². The lowest BCUT2D eigenvalue weighted by Crippen LogP contribution is -2.33. The number of ether oxygens (including phenoxy) is 1. The Hall–Kier alpha value is -1.75. The number of hydrogen-bond donors (Lipinski definition) is 2. The molecule has 1 fully saturated rings. The van der Waals surface area contributed by atoms with Crippen molar-refractivity contribution in [2.75, 3.05) is 39.3 Å². The molecule has 0 aliphatic carbocycles. The van der Waals surface area contributed by atoms with Gasteiger partial charge in [-0.05, 0) is 62.4 Å². The van der Waals surface area contributed by atoms with Crippen LogP contribution >= 0.6 is 0 Å². The summed E-state index contributed by atoms with van der Waals surface area (Å²) in [5, 5.41) is 3.18. The maximum absolute atomic E-state index is 5.87. The number of aliphatic imine (C=N–C) groups is 1. The quantitative estimate of drug-likeness (QED) is 0.505. The summed E-state index contributed by atoms with van der Waals surface area (Å²) >= 11 is 0. The van der Waals surface area contributed by atoms with Gasteiger partial charge in [0.2, 0.25) is 0 Å². The van der Waals surface area contributed by atoms with E-state index >= 15 is 0 Å². The predicted molar refractivity (Wildman–Crippen MR) is 105 cm³/mol. The van der Waals surface area contributed by atoms with E-state index in [1.807, 2.05) is 0 Å². The topological polar surface area (TPSA) is 62.9 Å². The Labute approximate surface area is 152 Å². The van der Waals surface area contributed by atoms with Crippen LogP contribution in [0.5, 0.6) is 5.75 Å². The average Bonchev–Trinajstić information content (AvgIpc) is 3.09. The van der Waals surface area contributed by atoms with Crippen molar-refractivity contribution in [2.45, 2.75) is 39.5 Å². The number of hydrogen-bond acceptors (Lipinski definition) is 3. The number of nitrogens with two attached hydrogens (primary N) is 1. The van der Waals surface area contributed by atoms with Gasteiger partial charge in [-0.25, -0.2) is 0 Å². The second-order valence-electron chi connectivity index (χ2n) is 7.17. The van der Waals surface area contributed by atoms with Gasteiger partial charge in [-0.15, -0.1) is 0 Å². The first-order chi connectivity index (χ1) is 12.1. The van der Waals surface area contributed by atoms with E-state index in [-0.39, 0.29) is 0 Å². The molecule has 2 rings (SSSR count). The van der Waals surface area contributed by atoms with Crippen molar-refractivity contribution in [1.29, 1.82) is 0 Å². The molecule has 1 aliphatic rings. The number of likely N-dealkylation sites (tertiary alicyclic amines) is 1. The zero-order valence-electron chi connectivity index (χ0n) is 15.8. The van der Waals surface area contributed by atoms with E-state index in [1.165, 1.54) is 31.5 Å². The molecule has 0 atom stereocenters. The standard InChI is InChI=1S/C20H34N4O/c1-17(2)9-11-22-20(21)23-12-10-18-5-7-19(8-6-18)25-16-15-24-13-3-4-14-24/h5-8,17H,3-4,9-16H2,1-2H3,(H3,21,22,23). The van der Waals surface area contributed by atoms with Crippen LogP contribution in [-0.4, -0.2) is 50.2 Å². The molecule has 0 saturated carbocycles. The van der Waals surface area contributed by atoms with Crippen molar-refractivity contribution in [2.24, 2.45) is 16.6 Å². The van der Waals surface area contributed by atoms with Gasteiger partial charge in [0, 0.05) is 19.6 Å². The van der Waals surface area contributed by atoms with Gasteiger partial charge >= 0.3 is 0 Å². The Morgan fingerprint density at radius 1 is 1.24 bits per heavy atom. The van der Waals surface area contributed by atoms with Gasteiger partial charge in [-0.3, -0.25) is 9.89 Å². The van der Waals surface area contributed by atoms with Gasteiger partial charge in [0.15, 0.2) is 5.96 Å². The van der Waals surface area contributed by atoms with Crippen molar-refractivity contribution < 1.29 is 4.74 Å². The Kier molecular flexibility index (Phi) is 8.60. The molecule has 1 aliphatic heterocycles. The van der Waals surface area contributed by atoms with Crippen molar-refractivity contribution in [3.05, 3.63) is 29.8 Å². The second-order valence-corrected chi connectivity index (χ2v) is 7.17. The molecule has 1 aromatic carbocycles. The smallest absolute Gasteiger partial charge is 0.188 e. The van der Waals surface area contributed by atoms with Gasteiger partial charge in [0.05, 0.1) is 0 Å². The zero-order valence-corrected chi connectivity index (χ0v) is 15.8. The number of nitrogens with one attached hydrogen (secondary N) is 1. The highest BCUT2D eigenvalue weighted by molar-refractivity contribution is 5.77. The molecule has 0 unspecified atom stereocenters. The minimum Gasteiger partial charge on any atom is -0.492 e. The molecule has 1 saturated heterocycles. The highest BCUT2D eigenvalue weighted by Crippen LogP contribution is 2.13. The molecule has 1 heterocycles. The van der Waals surface area contributed by atoms with Crippen LogP contribution in [-0.2, 0) is 6.42 Å². The normalized spacial score (nSPS) is 15.7. The summed E-state index contributed by atoms with van der Waals surface area (Å²) in [6.45, 7) is 10.2. The molecule has 5 heteroatoms. The Balaban J connectivity index is 1.61. The molecule has 1 aromatic rings. The summed E-state index contributed by atoms with van der Waals surface area (Å²) in [5.41, 5.74) is 7.14. The van der Waals surface area contributed by atoms with E-state index in [4.69, 9.17) is 10.5 Å². The zero-order chi connectivity index (χ0) is 17.9. The Morgan fingerprint density at radius 2 is 1.96 bits per heavy atom. The summed E-state index contributed by atoms with van der Waals surface area (Å²) in [4.78, 5) is 6.80. The fourth-order valence-electron chi connectivity index (χ4n) is 2.89. The van der Waals surface area contributed by atoms with Crippen LogP contribution in [0.4, 0.5) is 0 Å². The third-order valence-corrected chi connectivity index (χ3v) is 4.51. The molecule has 3 N–H and O–H groups in total. The van der Waals surface area contributed by atoms with Crippen LogP contribution < -0.4 is 15.8 Å². The molecule has 0 aromatic heterocycles. The monoisotopic (exact) mass is 346 g/mol. The van der Waals surface area contributed by atoms with Gasteiger partial charge in [-0.2, -0.15) is 0 Å². The van der Waals surface area contributed by atoms with Crippen LogP contribution in [0.1, 0.15) is 38.7 Å². The SMILES string of the molecule is CC(C)CCN=C(N)NCCc1ccc(OCCN2CCCC2)cc1. The second kappa shape index (κ2) is 11.0. The molecule has 0 bridgehead atoms. The summed E-state index contributed by atoms with van der Waals surface area (Å²) in [5.74, 6) is 2.15. The van der Waals surface area contributed by atoms with Crippen LogP contribution in [0.25, 0.3) is 0 Å². The highest BCUT2D eigenvalue weighted by atomic mass is 16.5. The summed E-state index contributed by atoms with van der Waals surface area (Å²) in [6.07, 6.45) is 4.65. The predicted octanol–water partition coefficient (Wildman–Crippen LogP) is 2.65. The Morgan fingerprint density at radius 3 is 2.64 bits per heavy atom. The molecule has 0 amide bonds. The van der Waals surface area contributed by atoms with Crippen LogP contribution in [0.15, 0.2) is 29.3 Å². The first-order valence-electron chi connectivity index (χ1n) is 9.61. The lowest BCUT2D eigenvalue weighted by Gasteiger charge is -2.15. The molecular weight excluding hydrogens is 312 g/mol. The highest BCUT2D eigenvalue weighted by Gasteiger charge is 2.10. The van der Waals surface area contributed by atoms with Gasteiger partial charge in [-0.1, -0.05) is 26.0 Å². The van der Waals surface area contributed by atoms with E-state index in [0.717, 1.165) is 44.8 Å². The van der Waals surface area contributed by atoms with Crippen molar-refractivity contribution in [1.82, 2.24) is 10.2 Å². The van der Waals surface area contributed by atoms with Gasteiger partial charge in [0.1, 0.15) is 12.4 Å². The van der Waals surface area contributed by atoms with Crippen molar-refractivity contribution >= 4 is 5.96 Å². The third kappa shape index (κ3) is 8.25. The van der Waals surface area contributed by atoms with Gasteiger partial charge < -0.3 is 15.8 Å². The molecule has 5 nitrogen and oxygen atoms in total. The van der Waals surface area contributed by atoms with E-state index < -0.39 is 0 Å². The maximum Gasteiger partial charge on any atom is 0.188 e. The van der Waals surface area contributed by atoms with Crippen LogP contribution in [0.2, 0.25) is 0 Å². The van der Waals surface area contributed by atoms with E-state index in [0.29, 0.717) is 11.9 Å². The van der Waals surface area contributed by atoms with Crippen LogP contribution in [0, 0.1) is 5.92 Å². The summed E-state index contributed by atoms with van der Waals surface area (Å²) < 4.78 is 5.83. The van der Waals surface area contributed by atoms with Crippen molar-refractivity contribution in [3.8, 4) is 5.75 Å². The molecule has 140 valence electrons. The minimum atomic E-state index is 0.544. The molecular formula is C20H34N4O. The molecule has 0 spiro atoms. The third-order valence-electron chi connectivity index (χ3n) is 4.51. The average molecular weight is 347 g/mol. The first-order valence-corrected chi connectivity index (χ1v) is 9.61. The number of nitrogens with zero attached hydrogens (tertiary/aromatic N) is 2. The number of guanidine groups is 1. The largest absolute Gasteiger partial charge is 0.492 e. The van der Waals surface area contributed by atoms with Crippen LogP contribution in [0.3, 0.4) is 0 Å². The fourth-order valence-corrected chi connectivity index (χ4v) is 2.89. The van der Waals surface area contributed by atoms with Crippen molar-refractivity contribution in [3.63, 3.8) is 0 Å². The minimum absolute atomic E-state index is 0.544. The van der Waals surface area contributed by atoms with E-state index in [9.17, 15) is 0 Å². The number of benzene rings is 1. The summed E-state index contributed by atoms with van der Waals surface area (Å²) in [6, 6.07) is 8.36. The lowest BCUT2D eigenvalue weighted by atomic mass is 10.1.